The number of amides is 2. The van der Waals surface area contributed by atoms with Gasteiger partial charge in [0.1, 0.15) is 0 Å². The van der Waals surface area contributed by atoms with Gasteiger partial charge < -0.3 is 4.57 Å². The van der Waals surface area contributed by atoms with Crippen molar-refractivity contribution in [1.82, 2.24) is 9.47 Å². The minimum absolute atomic E-state index is 0.231. The van der Waals surface area contributed by atoms with E-state index in [1.807, 2.05) is 55.5 Å². The van der Waals surface area contributed by atoms with Crippen molar-refractivity contribution in [2.45, 2.75) is 20.4 Å². The van der Waals surface area contributed by atoms with E-state index in [1.165, 1.54) is 16.0 Å². The molecule has 0 N–H and O–H groups in total. The van der Waals surface area contributed by atoms with E-state index in [0.29, 0.717) is 4.91 Å². The third-order valence-corrected chi connectivity index (χ3v) is 7.74. The Bertz CT molecular complexity index is 1440. The second kappa shape index (κ2) is 9.87. The first-order chi connectivity index (χ1) is 16.9. The van der Waals surface area contributed by atoms with E-state index >= 15 is 0 Å². The number of benzene rings is 3. The van der Waals surface area contributed by atoms with Crippen LogP contribution in [0.2, 0.25) is 0 Å². The molecule has 0 atom stereocenters. The van der Waals surface area contributed by atoms with Crippen LogP contribution < -0.4 is 0 Å². The molecule has 0 spiro atoms. The molecule has 4 nitrogen and oxygen atoms in total. The first-order valence-electron chi connectivity index (χ1n) is 11.3. The zero-order valence-electron chi connectivity index (χ0n) is 19.4. The van der Waals surface area contributed by atoms with Crippen LogP contribution in [0.1, 0.15) is 22.5 Å². The second-order valence-corrected chi connectivity index (χ2v) is 10.7. The fourth-order valence-electron chi connectivity index (χ4n) is 4.31. The molecule has 1 saturated heterocycles. The Morgan fingerprint density at radius 3 is 2.20 bits per heavy atom. The van der Waals surface area contributed by atoms with Crippen molar-refractivity contribution in [1.29, 1.82) is 0 Å². The van der Waals surface area contributed by atoms with Crippen LogP contribution in [0, 0.1) is 17.4 Å². The number of thioether (sulfide) groups is 1. The standard InChI is InChI=1S/C29H23IN2O2S/c1-19-16-24(17-27-28(33)31(29(34)35-27)18-21-8-12-25(30)13-9-21)20(2)32(19)26-14-10-23(11-15-26)22-6-4-3-5-7-22/h3-17H,18H2,1-2H3/b27-17-. The molecule has 1 aliphatic heterocycles. The lowest BCUT2D eigenvalue weighted by Gasteiger charge is -2.12. The monoisotopic (exact) mass is 590 g/mol. The summed E-state index contributed by atoms with van der Waals surface area (Å²) < 4.78 is 3.29. The molecule has 35 heavy (non-hydrogen) atoms. The average molecular weight is 590 g/mol. The van der Waals surface area contributed by atoms with Gasteiger partial charge in [-0.1, -0.05) is 54.6 Å². The summed E-state index contributed by atoms with van der Waals surface area (Å²) in [7, 11) is 0. The van der Waals surface area contributed by atoms with Gasteiger partial charge in [-0.2, -0.15) is 0 Å². The van der Waals surface area contributed by atoms with Gasteiger partial charge in [0, 0.05) is 20.6 Å². The van der Waals surface area contributed by atoms with E-state index in [2.05, 4.69) is 76.5 Å². The lowest BCUT2D eigenvalue weighted by Crippen LogP contribution is -2.27. The number of rotatable bonds is 5. The molecule has 0 aliphatic carbocycles. The number of carbonyl (C=O) groups excluding carboxylic acids is 2. The summed E-state index contributed by atoms with van der Waals surface area (Å²) in [5, 5.41) is -0.231. The van der Waals surface area contributed by atoms with Crippen LogP contribution in [-0.2, 0) is 11.3 Å². The summed E-state index contributed by atoms with van der Waals surface area (Å²) in [5.41, 5.74) is 7.38. The van der Waals surface area contributed by atoms with Gasteiger partial charge in [0.15, 0.2) is 0 Å². The molecule has 0 radical (unpaired) electrons. The molecule has 0 unspecified atom stereocenters. The number of hydrogen-bond acceptors (Lipinski definition) is 3. The summed E-state index contributed by atoms with van der Waals surface area (Å²) in [5.74, 6) is -0.240. The van der Waals surface area contributed by atoms with E-state index in [1.54, 1.807) is 0 Å². The number of nitrogens with zero attached hydrogens (tertiary/aromatic N) is 2. The van der Waals surface area contributed by atoms with Crippen molar-refractivity contribution < 1.29 is 9.59 Å². The van der Waals surface area contributed by atoms with Crippen molar-refractivity contribution in [2.75, 3.05) is 0 Å². The van der Waals surface area contributed by atoms with Crippen LogP contribution in [-0.4, -0.2) is 20.6 Å². The van der Waals surface area contributed by atoms with Crippen molar-refractivity contribution in [3.05, 3.63) is 116 Å². The molecule has 2 amide bonds. The third kappa shape index (κ3) is 4.86. The maximum atomic E-state index is 13.0. The summed E-state index contributed by atoms with van der Waals surface area (Å²) in [6.45, 7) is 4.38. The van der Waals surface area contributed by atoms with Crippen molar-refractivity contribution in [3.63, 3.8) is 0 Å². The van der Waals surface area contributed by atoms with E-state index < -0.39 is 0 Å². The minimum atomic E-state index is -0.240. The van der Waals surface area contributed by atoms with Crippen molar-refractivity contribution in [2.24, 2.45) is 0 Å². The highest BCUT2D eigenvalue weighted by Crippen LogP contribution is 2.35. The van der Waals surface area contributed by atoms with Gasteiger partial charge in [-0.3, -0.25) is 14.5 Å². The first kappa shape index (κ1) is 23.6. The quantitative estimate of drug-likeness (QED) is 0.178. The van der Waals surface area contributed by atoms with Gasteiger partial charge >= 0.3 is 0 Å². The molecule has 0 bridgehead atoms. The molecule has 5 rings (SSSR count). The Hall–Kier alpha value is -3.10. The predicted octanol–water partition coefficient (Wildman–Crippen LogP) is 7.60. The average Bonchev–Trinajstić information content (AvgIpc) is 3.30. The summed E-state index contributed by atoms with van der Waals surface area (Å²) in [4.78, 5) is 27.4. The Labute approximate surface area is 222 Å². The van der Waals surface area contributed by atoms with Gasteiger partial charge in [0.05, 0.1) is 11.4 Å². The fraction of sp³-hybridized carbons (Fsp3) is 0.103. The number of halogens is 1. The highest BCUT2D eigenvalue weighted by Gasteiger charge is 2.35. The molecule has 0 saturated carbocycles. The van der Waals surface area contributed by atoms with E-state index in [9.17, 15) is 9.59 Å². The zero-order valence-corrected chi connectivity index (χ0v) is 22.3. The maximum Gasteiger partial charge on any atom is 0.293 e. The smallest absolute Gasteiger partial charge is 0.293 e. The summed E-state index contributed by atoms with van der Waals surface area (Å²) >= 11 is 3.24. The SMILES string of the molecule is Cc1cc(/C=C2\SC(=O)N(Cc3ccc(I)cc3)C2=O)c(C)n1-c1ccc(-c2ccccc2)cc1. The van der Waals surface area contributed by atoms with E-state index in [4.69, 9.17) is 0 Å². The molecule has 4 aromatic rings. The van der Waals surface area contributed by atoms with E-state index in [-0.39, 0.29) is 17.7 Å². The van der Waals surface area contributed by atoms with Crippen molar-refractivity contribution >= 4 is 51.6 Å². The number of aromatic nitrogens is 1. The maximum absolute atomic E-state index is 13.0. The third-order valence-electron chi connectivity index (χ3n) is 6.12. The molecule has 3 aromatic carbocycles. The molecule has 1 aliphatic rings. The molecule has 1 fully saturated rings. The normalized spacial score (nSPS) is 14.8. The number of carbonyl (C=O) groups is 2. The topological polar surface area (TPSA) is 42.3 Å². The van der Waals surface area contributed by atoms with Crippen LogP contribution in [0.15, 0.2) is 89.8 Å². The largest absolute Gasteiger partial charge is 0.318 e. The second-order valence-electron chi connectivity index (χ2n) is 8.47. The molecule has 6 heteroatoms. The van der Waals surface area contributed by atoms with Gasteiger partial charge in [-0.15, -0.1) is 0 Å². The summed E-state index contributed by atoms with van der Waals surface area (Å²) in [6, 6.07) is 28.7. The summed E-state index contributed by atoms with van der Waals surface area (Å²) in [6.07, 6.45) is 1.84. The van der Waals surface area contributed by atoms with Crippen LogP contribution >= 0.6 is 34.4 Å². The number of aryl methyl sites for hydroxylation is 1. The Morgan fingerprint density at radius 1 is 0.857 bits per heavy atom. The van der Waals surface area contributed by atoms with Gasteiger partial charge in [-0.25, -0.2) is 0 Å². The zero-order chi connectivity index (χ0) is 24.5. The highest BCUT2D eigenvalue weighted by molar-refractivity contribution is 14.1. The number of imide groups is 1. The number of hydrogen-bond donors (Lipinski definition) is 0. The van der Waals surface area contributed by atoms with Crippen LogP contribution in [0.5, 0.6) is 0 Å². The molecule has 2 heterocycles. The van der Waals surface area contributed by atoms with Crippen LogP contribution in [0.25, 0.3) is 22.9 Å². The highest BCUT2D eigenvalue weighted by atomic mass is 127. The Morgan fingerprint density at radius 2 is 1.51 bits per heavy atom. The minimum Gasteiger partial charge on any atom is -0.318 e. The lowest BCUT2D eigenvalue weighted by molar-refractivity contribution is -0.123. The lowest BCUT2D eigenvalue weighted by atomic mass is 10.1. The van der Waals surface area contributed by atoms with Crippen LogP contribution in [0.4, 0.5) is 4.79 Å². The van der Waals surface area contributed by atoms with Crippen LogP contribution in [0.3, 0.4) is 0 Å². The van der Waals surface area contributed by atoms with Gasteiger partial charge in [0.2, 0.25) is 0 Å². The molecular weight excluding hydrogens is 567 g/mol. The molecule has 1 aromatic heterocycles. The first-order valence-corrected chi connectivity index (χ1v) is 13.1. The Balaban J connectivity index is 1.40. The van der Waals surface area contributed by atoms with Gasteiger partial charge in [0.25, 0.3) is 11.1 Å². The molecular formula is C29H23IN2O2S. The fourth-order valence-corrected chi connectivity index (χ4v) is 5.50. The Kier molecular flexibility index (Phi) is 6.67. The predicted molar refractivity (Wildman–Crippen MR) is 151 cm³/mol. The molecule has 174 valence electrons. The van der Waals surface area contributed by atoms with Gasteiger partial charge in [-0.05, 0) is 107 Å². The van der Waals surface area contributed by atoms with Crippen molar-refractivity contribution in [3.8, 4) is 16.8 Å². The van der Waals surface area contributed by atoms with E-state index in [0.717, 1.165) is 43.5 Å².